The first-order valence-corrected chi connectivity index (χ1v) is 10.4. The van der Waals surface area contributed by atoms with Crippen LogP contribution in [0.2, 0.25) is 5.02 Å². The highest BCUT2D eigenvalue weighted by Crippen LogP contribution is 2.29. The Balaban J connectivity index is 2.34. The van der Waals surface area contributed by atoms with Crippen LogP contribution < -0.4 is 10.6 Å². The van der Waals surface area contributed by atoms with E-state index in [-0.39, 0.29) is 11.3 Å². The number of carbonyl (C=O) groups excluding carboxylic acids is 3. The first-order valence-electron chi connectivity index (χ1n) is 10.0. The van der Waals surface area contributed by atoms with Gasteiger partial charge in [0, 0.05) is 6.04 Å². The topological polar surface area (TPSA) is 108 Å². The quantitative estimate of drug-likeness (QED) is 0.436. The first kappa shape index (κ1) is 25.6. The summed E-state index contributed by atoms with van der Waals surface area (Å²) in [5, 5.41) is 15.3. The van der Waals surface area contributed by atoms with Crippen molar-refractivity contribution in [3.8, 4) is 18.2 Å². The number of terminal acetylenes is 1. The molecule has 2 rings (SSSR count). The second-order valence-corrected chi connectivity index (χ2v) is 8.57. The number of alkyl carbamates (subject to hydrolysis) is 1. The molecule has 2 aromatic carbocycles. The molecule has 0 spiro atoms. The van der Waals surface area contributed by atoms with Gasteiger partial charge in [0.15, 0.2) is 0 Å². The van der Waals surface area contributed by atoms with E-state index in [0.29, 0.717) is 16.3 Å². The predicted octanol–water partition coefficient (Wildman–Crippen LogP) is 3.98. The van der Waals surface area contributed by atoms with Gasteiger partial charge >= 0.3 is 6.09 Å². The maximum Gasteiger partial charge on any atom is 0.408 e. The fourth-order valence-electron chi connectivity index (χ4n) is 2.93. The van der Waals surface area contributed by atoms with Crippen molar-refractivity contribution < 1.29 is 24.2 Å². The lowest BCUT2D eigenvalue weighted by molar-refractivity contribution is -0.134. The number of aryl methyl sites for hydroxylation is 1. The van der Waals surface area contributed by atoms with E-state index in [9.17, 15) is 19.5 Å². The van der Waals surface area contributed by atoms with Crippen LogP contribution in [0.4, 0.5) is 10.5 Å². The van der Waals surface area contributed by atoms with E-state index in [1.165, 1.54) is 18.2 Å². The molecule has 9 heteroatoms. The number of benzene rings is 2. The van der Waals surface area contributed by atoms with Gasteiger partial charge in [0.2, 0.25) is 0 Å². The van der Waals surface area contributed by atoms with Gasteiger partial charge in [0.1, 0.15) is 23.9 Å². The lowest BCUT2D eigenvalue weighted by Gasteiger charge is -2.27. The van der Waals surface area contributed by atoms with Crippen LogP contribution in [-0.4, -0.2) is 40.1 Å². The number of hydrogen-bond acceptors (Lipinski definition) is 5. The van der Waals surface area contributed by atoms with Crippen molar-refractivity contribution in [1.29, 1.82) is 0 Å². The predicted molar refractivity (Wildman–Crippen MR) is 126 cm³/mol. The van der Waals surface area contributed by atoms with Gasteiger partial charge in [-0.25, -0.2) is 4.79 Å². The van der Waals surface area contributed by atoms with Gasteiger partial charge in [-0.1, -0.05) is 42.3 Å². The zero-order valence-corrected chi connectivity index (χ0v) is 19.6. The van der Waals surface area contributed by atoms with E-state index < -0.39 is 36.1 Å². The summed E-state index contributed by atoms with van der Waals surface area (Å²) in [4.78, 5) is 39.0. The number of ether oxygens (including phenoxy) is 1. The summed E-state index contributed by atoms with van der Waals surface area (Å²) in [7, 11) is 0. The smallest absolute Gasteiger partial charge is 0.408 e. The molecule has 0 bridgehead atoms. The van der Waals surface area contributed by atoms with Crippen LogP contribution in [0.3, 0.4) is 0 Å². The van der Waals surface area contributed by atoms with Crippen LogP contribution in [-0.2, 0) is 14.3 Å². The molecule has 1 atom stereocenters. The monoisotopic (exact) mass is 471 g/mol. The second kappa shape index (κ2) is 10.7. The average molecular weight is 472 g/mol. The second-order valence-electron chi connectivity index (χ2n) is 8.17. The maximum absolute atomic E-state index is 13.3. The maximum atomic E-state index is 13.3. The number of phenolic OH excluding ortho intramolecular Hbond substituents is 1. The van der Waals surface area contributed by atoms with Gasteiger partial charge in [0.25, 0.3) is 11.8 Å². The van der Waals surface area contributed by atoms with E-state index in [1.54, 1.807) is 52.0 Å². The van der Waals surface area contributed by atoms with Crippen LogP contribution in [0.5, 0.6) is 5.75 Å². The molecule has 174 valence electrons. The molecule has 0 aromatic heterocycles. The van der Waals surface area contributed by atoms with Crippen molar-refractivity contribution in [1.82, 2.24) is 10.2 Å². The van der Waals surface area contributed by atoms with E-state index >= 15 is 0 Å². The summed E-state index contributed by atoms with van der Waals surface area (Å²) in [6.45, 7) is 6.30. The van der Waals surface area contributed by atoms with Crippen LogP contribution >= 0.6 is 11.6 Å². The highest BCUT2D eigenvalue weighted by Gasteiger charge is 2.32. The third-order valence-electron chi connectivity index (χ3n) is 4.35. The molecule has 0 saturated carbocycles. The van der Waals surface area contributed by atoms with Gasteiger partial charge in [-0.3, -0.25) is 14.5 Å². The Morgan fingerprint density at radius 3 is 2.45 bits per heavy atom. The number of amides is 3. The molecular formula is C24H26ClN3O5. The summed E-state index contributed by atoms with van der Waals surface area (Å²) < 4.78 is 5.12. The van der Waals surface area contributed by atoms with Crippen LogP contribution in [0.1, 0.15) is 37.9 Å². The number of nitrogens with zero attached hydrogens (tertiary/aromatic N) is 1. The Morgan fingerprint density at radius 1 is 1.21 bits per heavy atom. The van der Waals surface area contributed by atoms with Gasteiger partial charge in [0.05, 0.1) is 10.7 Å². The number of anilines is 1. The Morgan fingerprint density at radius 2 is 1.88 bits per heavy atom. The van der Waals surface area contributed by atoms with Crippen LogP contribution in [0.25, 0.3) is 0 Å². The highest BCUT2D eigenvalue weighted by atomic mass is 35.5. The van der Waals surface area contributed by atoms with Gasteiger partial charge in [-0.05, 0) is 57.0 Å². The number of carbonyl (C=O) groups is 3. The number of nitrogens with one attached hydrogen (secondary N) is 2. The molecule has 2 aromatic rings. The molecule has 0 fully saturated rings. The first-order chi connectivity index (χ1) is 15.4. The standard InChI is InChI=1S/C24H26ClN3O5/c1-6-28(19(30)14-26-23(32)33-24(3,4)5)21(16-10-8-11-17(29)13-16)22(31)27-20-15(2)9-7-12-18(20)25/h1,7-13,21,29H,14H2,2-5H3,(H,26,32)(H,27,31). The van der Waals surface area contributed by atoms with Crippen molar-refractivity contribution in [2.24, 2.45) is 0 Å². The fraction of sp³-hybridized carbons (Fsp3) is 0.292. The van der Waals surface area contributed by atoms with Gasteiger partial charge < -0.3 is 20.5 Å². The minimum atomic E-state index is -1.31. The summed E-state index contributed by atoms with van der Waals surface area (Å²) in [5.74, 6) is -1.50. The van der Waals surface area contributed by atoms with Crippen molar-refractivity contribution in [3.05, 3.63) is 58.6 Å². The highest BCUT2D eigenvalue weighted by molar-refractivity contribution is 6.34. The van der Waals surface area contributed by atoms with Crippen molar-refractivity contribution in [3.63, 3.8) is 0 Å². The molecule has 0 aliphatic heterocycles. The zero-order chi connectivity index (χ0) is 24.8. The summed E-state index contributed by atoms with van der Waals surface area (Å²) in [5.41, 5.74) is 0.581. The van der Waals surface area contributed by atoms with Gasteiger partial charge in [-0.2, -0.15) is 0 Å². The molecule has 1 unspecified atom stereocenters. The molecule has 0 radical (unpaired) electrons. The third-order valence-corrected chi connectivity index (χ3v) is 4.67. The van der Waals surface area contributed by atoms with Crippen molar-refractivity contribution in [2.75, 3.05) is 11.9 Å². The molecule has 3 N–H and O–H groups in total. The Kier molecular flexibility index (Phi) is 8.32. The van der Waals surface area contributed by atoms with E-state index in [2.05, 4.69) is 16.7 Å². The Hall–Kier alpha value is -3.70. The Bertz CT molecular complexity index is 1070. The van der Waals surface area contributed by atoms with E-state index in [1.807, 2.05) is 0 Å². The minimum absolute atomic E-state index is 0.115. The number of para-hydroxylation sites is 1. The molecule has 3 amide bonds. The van der Waals surface area contributed by atoms with Crippen molar-refractivity contribution >= 4 is 35.2 Å². The average Bonchev–Trinajstić information content (AvgIpc) is 2.71. The van der Waals surface area contributed by atoms with Gasteiger partial charge in [-0.15, -0.1) is 0 Å². The number of hydrogen-bond donors (Lipinski definition) is 3. The van der Waals surface area contributed by atoms with Crippen LogP contribution in [0.15, 0.2) is 42.5 Å². The molecular weight excluding hydrogens is 446 g/mol. The number of halogens is 1. The number of aromatic hydroxyl groups is 1. The fourth-order valence-corrected chi connectivity index (χ4v) is 3.20. The zero-order valence-electron chi connectivity index (χ0n) is 18.8. The molecule has 0 aliphatic carbocycles. The normalized spacial score (nSPS) is 11.6. The molecule has 0 heterocycles. The minimum Gasteiger partial charge on any atom is -0.508 e. The summed E-state index contributed by atoms with van der Waals surface area (Å²) in [6, 6.07) is 11.8. The molecule has 33 heavy (non-hydrogen) atoms. The van der Waals surface area contributed by atoms with Crippen molar-refractivity contribution in [2.45, 2.75) is 39.3 Å². The largest absolute Gasteiger partial charge is 0.508 e. The van der Waals surface area contributed by atoms with E-state index in [0.717, 1.165) is 4.90 Å². The van der Waals surface area contributed by atoms with Crippen LogP contribution in [0, 0.1) is 19.4 Å². The molecule has 0 aliphatic rings. The molecule has 8 nitrogen and oxygen atoms in total. The third kappa shape index (κ3) is 7.16. The summed E-state index contributed by atoms with van der Waals surface area (Å²) >= 11 is 6.23. The lowest BCUT2D eigenvalue weighted by Crippen LogP contribution is -2.44. The Labute approximate surface area is 197 Å². The number of rotatable bonds is 6. The van der Waals surface area contributed by atoms with E-state index in [4.69, 9.17) is 22.8 Å². The SMILES string of the molecule is C#CN(C(=O)CNC(=O)OC(C)(C)C)C(C(=O)Nc1c(C)cccc1Cl)c1cccc(O)c1. The summed E-state index contributed by atoms with van der Waals surface area (Å²) in [6.07, 6.45) is 4.78. The lowest BCUT2D eigenvalue weighted by atomic mass is 10.0. The number of phenols is 1. The molecule has 0 saturated heterocycles.